The molecule has 1 aromatic rings. The molecule has 0 aromatic heterocycles. The van der Waals surface area contributed by atoms with Gasteiger partial charge in [-0.1, -0.05) is 89.0 Å². The minimum atomic E-state index is -4.45. The Morgan fingerprint density at radius 2 is 1.69 bits per heavy atom. The Hall–Kier alpha value is -1.92. The van der Waals surface area contributed by atoms with Crippen molar-refractivity contribution in [2.75, 3.05) is 6.61 Å². The molecule has 1 fully saturated rings. The summed E-state index contributed by atoms with van der Waals surface area (Å²) in [6.07, 6.45) is 15.7. The normalized spacial score (nSPS) is 20.9. The molecule has 3 rings (SSSR count). The van der Waals surface area contributed by atoms with E-state index in [0.29, 0.717) is 12.0 Å². The fourth-order valence-electron chi connectivity index (χ4n) is 5.84. The smallest absolute Gasteiger partial charge is 0.473 e. The summed E-state index contributed by atoms with van der Waals surface area (Å²) in [7, 11) is -4.45. The van der Waals surface area contributed by atoms with Gasteiger partial charge in [-0.25, -0.2) is 9.36 Å². The number of carbonyl (C=O) groups excluding carboxylic acids is 1. The van der Waals surface area contributed by atoms with E-state index in [0.717, 1.165) is 68.9 Å². The number of rotatable bonds is 19. The van der Waals surface area contributed by atoms with Crippen LogP contribution in [-0.2, 0) is 24.8 Å². The molecule has 1 aromatic carbocycles. The van der Waals surface area contributed by atoms with Crippen molar-refractivity contribution in [3.05, 3.63) is 47.1 Å². The second-order valence-electron chi connectivity index (χ2n) is 12.4. The fourth-order valence-corrected chi connectivity index (χ4v) is 6.95. The van der Waals surface area contributed by atoms with Crippen molar-refractivity contribution in [2.45, 2.75) is 136 Å². The number of hydrogen-bond acceptors (Lipinski definition) is 6. The Bertz CT molecular complexity index is 1140. The van der Waals surface area contributed by atoms with Gasteiger partial charge in [-0.3, -0.25) is 9.05 Å². The molecule has 8 heteroatoms. The number of phosphoric acid groups is 1. The number of esters is 1. The van der Waals surface area contributed by atoms with E-state index < -0.39 is 19.4 Å². The lowest BCUT2D eigenvalue weighted by Crippen LogP contribution is -2.31. The van der Waals surface area contributed by atoms with E-state index in [9.17, 15) is 19.4 Å². The van der Waals surface area contributed by atoms with Gasteiger partial charge < -0.3 is 14.7 Å². The van der Waals surface area contributed by atoms with Crippen LogP contribution in [0, 0.1) is 5.92 Å². The quantitative estimate of drug-likeness (QED) is 0.0533. The summed E-state index contributed by atoms with van der Waals surface area (Å²) >= 11 is 0. The van der Waals surface area contributed by atoms with Crippen LogP contribution in [0.5, 0.6) is 11.5 Å². The van der Waals surface area contributed by atoms with Crippen molar-refractivity contribution in [1.82, 2.24) is 0 Å². The van der Waals surface area contributed by atoms with Gasteiger partial charge in [0, 0.05) is 11.5 Å². The lowest BCUT2D eigenvalue weighted by Gasteiger charge is -2.32. The molecule has 42 heavy (non-hydrogen) atoms. The van der Waals surface area contributed by atoms with E-state index >= 15 is 0 Å². The maximum Gasteiger partial charge on any atom is 0.473 e. The van der Waals surface area contributed by atoms with Crippen LogP contribution in [0.1, 0.15) is 135 Å². The Labute approximate surface area is 253 Å². The monoisotopic (exact) mass is 604 g/mol. The minimum absolute atomic E-state index is 0.0885. The van der Waals surface area contributed by atoms with E-state index in [4.69, 9.17) is 13.8 Å². The van der Waals surface area contributed by atoms with Crippen molar-refractivity contribution in [3.63, 3.8) is 0 Å². The highest BCUT2D eigenvalue weighted by atomic mass is 31.2. The first kappa shape index (κ1) is 34.6. The van der Waals surface area contributed by atoms with Gasteiger partial charge in [-0.15, -0.1) is 0 Å². The predicted octanol–water partition coefficient (Wildman–Crippen LogP) is 9.46. The van der Waals surface area contributed by atoms with Crippen LogP contribution < -0.4 is 4.74 Å². The molecule has 1 saturated carbocycles. The van der Waals surface area contributed by atoms with E-state index in [1.165, 1.54) is 24.8 Å². The highest BCUT2D eigenvalue weighted by Gasteiger charge is 2.58. The topological polar surface area (TPSA) is 102 Å². The molecule has 7 nitrogen and oxygen atoms in total. The zero-order valence-electron chi connectivity index (χ0n) is 26.3. The second-order valence-corrected chi connectivity index (χ2v) is 13.8. The number of aryl methyl sites for hydroxylation is 1. The van der Waals surface area contributed by atoms with Gasteiger partial charge in [0.15, 0.2) is 5.60 Å². The molecule has 2 aliphatic carbocycles. The van der Waals surface area contributed by atoms with Crippen LogP contribution in [-0.4, -0.2) is 28.2 Å². The first-order valence-electron chi connectivity index (χ1n) is 16.1. The number of carbonyl (C=O) groups is 1. The van der Waals surface area contributed by atoms with E-state index in [2.05, 4.69) is 33.4 Å². The third-order valence-electron chi connectivity index (χ3n) is 8.53. The first-order chi connectivity index (χ1) is 20.0. The van der Waals surface area contributed by atoms with Gasteiger partial charge >= 0.3 is 13.8 Å². The molecule has 0 amide bonds. The van der Waals surface area contributed by atoms with Crippen LogP contribution in [0.15, 0.2) is 35.9 Å². The summed E-state index contributed by atoms with van der Waals surface area (Å²) in [5.74, 6) is -0.474. The molecule has 0 spiro atoms. The maximum atomic E-state index is 13.5. The number of unbranched alkanes of at least 4 members (excludes halogenated alkanes) is 8. The minimum Gasteiger partial charge on any atom is -0.507 e. The number of phosphoric ester groups is 1. The molecule has 0 aliphatic heterocycles. The number of benzene rings is 1. The Morgan fingerprint density at radius 3 is 2.33 bits per heavy atom. The van der Waals surface area contributed by atoms with Gasteiger partial charge in [-0.05, 0) is 82.4 Å². The lowest BCUT2D eigenvalue weighted by atomic mass is 9.73. The molecule has 0 heterocycles. The standard InChI is InChI=1S/C34H53O7P/c1-6-8-10-11-12-13-15-21-39-42(37,38)41-34(19-20-34)33(36)40-31-24-27(16-14-9-7-2)23-30(35)32(31)29-22-26(5)17-18-28(29)25(3)4/h22-24,28-29,35H,3,6-21H2,1-2,4-5H3,(H,37,38)/t28-,29+/m0/s1. The van der Waals surface area contributed by atoms with Crippen molar-refractivity contribution in [3.8, 4) is 11.5 Å². The second kappa shape index (κ2) is 16.2. The van der Waals surface area contributed by atoms with Gasteiger partial charge in [0.05, 0.1) is 6.61 Å². The number of hydrogen-bond donors (Lipinski definition) is 2. The van der Waals surface area contributed by atoms with Crippen LogP contribution in [0.3, 0.4) is 0 Å². The third kappa shape index (κ3) is 10.1. The van der Waals surface area contributed by atoms with Crippen LogP contribution >= 0.6 is 7.82 Å². The Balaban J connectivity index is 1.75. The molecule has 236 valence electrons. The van der Waals surface area contributed by atoms with Crippen LogP contribution in [0.25, 0.3) is 0 Å². The van der Waals surface area contributed by atoms with E-state index in [-0.39, 0.29) is 42.8 Å². The molecule has 0 radical (unpaired) electrons. The number of allylic oxidation sites excluding steroid dienone is 3. The van der Waals surface area contributed by atoms with Crippen molar-refractivity contribution in [2.24, 2.45) is 5.92 Å². The lowest BCUT2D eigenvalue weighted by molar-refractivity contribution is -0.145. The van der Waals surface area contributed by atoms with Crippen LogP contribution in [0.4, 0.5) is 0 Å². The summed E-state index contributed by atoms with van der Waals surface area (Å²) in [5, 5.41) is 11.3. The zero-order valence-corrected chi connectivity index (χ0v) is 27.2. The van der Waals surface area contributed by atoms with Gasteiger partial charge in [0.1, 0.15) is 11.5 Å². The average Bonchev–Trinajstić information content (AvgIpc) is 3.70. The summed E-state index contributed by atoms with van der Waals surface area (Å²) in [4.78, 5) is 23.9. The highest BCUT2D eigenvalue weighted by molar-refractivity contribution is 7.47. The van der Waals surface area contributed by atoms with E-state index in [1.807, 2.05) is 13.0 Å². The maximum absolute atomic E-state index is 13.5. The average molecular weight is 605 g/mol. The molecule has 1 unspecified atom stereocenters. The van der Waals surface area contributed by atoms with Gasteiger partial charge in [0.2, 0.25) is 0 Å². The summed E-state index contributed by atoms with van der Waals surface area (Å²) in [6, 6.07) is 3.61. The zero-order chi connectivity index (χ0) is 30.8. The molecular weight excluding hydrogens is 551 g/mol. The molecule has 2 N–H and O–H groups in total. The SMILES string of the molecule is C=C(C)[C@@H]1CCC(C)=C[C@H]1c1c(O)cc(CCCCC)cc1OC(=O)C1(OP(=O)(O)OCCCCCCCCC)CC1. The molecule has 2 aliphatic rings. The summed E-state index contributed by atoms with van der Waals surface area (Å²) in [5.41, 5.74) is 2.12. The number of aromatic hydroxyl groups is 1. The summed E-state index contributed by atoms with van der Waals surface area (Å²) < 4.78 is 29.4. The number of phenols is 1. The largest absolute Gasteiger partial charge is 0.507 e. The number of ether oxygens (including phenoxy) is 1. The van der Waals surface area contributed by atoms with Crippen molar-refractivity contribution in [1.29, 1.82) is 0 Å². The fraction of sp³-hybridized carbons (Fsp3) is 0.676. The van der Waals surface area contributed by atoms with Gasteiger partial charge in [-0.2, -0.15) is 0 Å². The van der Waals surface area contributed by atoms with Crippen molar-refractivity contribution >= 4 is 13.8 Å². The molecule has 3 atom stereocenters. The Kier molecular flexibility index (Phi) is 13.4. The van der Waals surface area contributed by atoms with Crippen molar-refractivity contribution < 1.29 is 33.1 Å². The van der Waals surface area contributed by atoms with Crippen LogP contribution in [0.2, 0.25) is 0 Å². The first-order valence-corrected chi connectivity index (χ1v) is 17.6. The third-order valence-corrected chi connectivity index (χ3v) is 9.62. The number of phenolic OH excluding ortho intramolecular Hbond substituents is 1. The summed E-state index contributed by atoms with van der Waals surface area (Å²) in [6.45, 7) is 12.7. The highest BCUT2D eigenvalue weighted by Crippen LogP contribution is 2.56. The molecular formula is C34H53O7P. The van der Waals surface area contributed by atoms with Gasteiger partial charge in [0.25, 0.3) is 0 Å². The van der Waals surface area contributed by atoms with E-state index in [1.54, 1.807) is 6.07 Å². The predicted molar refractivity (Wildman–Crippen MR) is 168 cm³/mol. The molecule has 0 saturated heterocycles. The molecule has 0 bridgehead atoms. The Morgan fingerprint density at radius 1 is 1.05 bits per heavy atom.